The summed E-state index contributed by atoms with van der Waals surface area (Å²) in [7, 11) is 0. The number of fused-ring (bicyclic) bond motifs is 5. The Morgan fingerprint density at radius 3 is 2.55 bits per heavy atom. The smallest absolute Gasteiger partial charge is 0.0189 e. The van der Waals surface area contributed by atoms with E-state index in [9.17, 15) is 0 Å². The van der Waals surface area contributed by atoms with Crippen LogP contribution in [0.25, 0.3) is 0 Å². The van der Waals surface area contributed by atoms with E-state index < -0.39 is 0 Å². The Morgan fingerprint density at radius 2 is 1.70 bits per heavy atom. The van der Waals surface area contributed by atoms with E-state index in [4.69, 9.17) is 12.6 Å². The lowest BCUT2D eigenvalue weighted by atomic mass is 9.49. The predicted molar refractivity (Wildman–Crippen MR) is 89.1 cm³/mol. The van der Waals surface area contributed by atoms with Crippen molar-refractivity contribution in [2.24, 2.45) is 35.0 Å². The summed E-state index contributed by atoms with van der Waals surface area (Å²) < 4.78 is 0.425. The zero-order chi connectivity index (χ0) is 14.0. The van der Waals surface area contributed by atoms with Gasteiger partial charge in [-0.25, -0.2) is 0 Å². The third-order valence-corrected chi connectivity index (χ3v) is 9.41. The molecule has 0 bridgehead atoms. The van der Waals surface area contributed by atoms with Crippen LogP contribution in [0.5, 0.6) is 0 Å². The summed E-state index contributed by atoms with van der Waals surface area (Å²) >= 11 is 5.38. The van der Waals surface area contributed by atoms with Gasteiger partial charge in [0.15, 0.2) is 0 Å². The van der Waals surface area contributed by atoms with Crippen molar-refractivity contribution in [2.45, 2.75) is 82.8 Å². The second kappa shape index (κ2) is 4.67. The Kier molecular flexibility index (Phi) is 3.26. The van der Waals surface area contributed by atoms with E-state index in [0.29, 0.717) is 10.2 Å². The Balaban J connectivity index is 1.64. The van der Waals surface area contributed by atoms with Crippen molar-refractivity contribution in [1.82, 2.24) is 0 Å². The number of hydrogen-bond acceptors (Lipinski definition) is 1. The minimum atomic E-state index is 0.425. The number of thiol groups is 1. The van der Waals surface area contributed by atoms with E-state index in [1.165, 1.54) is 64.2 Å². The summed E-state index contributed by atoms with van der Waals surface area (Å²) in [4.78, 5) is 0. The molecular weight excluding hydrogens is 260 g/mol. The first-order valence-corrected chi connectivity index (χ1v) is 9.73. The van der Waals surface area contributed by atoms with Crippen LogP contribution < -0.4 is 0 Å². The molecule has 4 aliphatic rings. The van der Waals surface area contributed by atoms with Gasteiger partial charge in [-0.15, -0.1) is 0 Å². The lowest BCUT2D eigenvalue weighted by Gasteiger charge is -2.59. The van der Waals surface area contributed by atoms with Crippen LogP contribution in [0.15, 0.2) is 0 Å². The molecule has 0 aromatic heterocycles. The molecule has 0 aromatic rings. The highest BCUT2D eigenvalue weighted by Crippen LogP contribution is 2.66. The Hall–Kier alpha value is 0.350. The lowest BCUT2D eigenvalue weighted by Crippen LogP contribution is -2.55. The van der Waals surface area contributed by atoms with Gasteiger partial charge in [-0.1, -0.05) is 26.7 Å². The van der Waals surface area contributed by atoms with Crippen molar-refractivity contribution in [3.05, 3.63) is 0 Å². The maximum absolute atomic E-state index is 5.38. The van der Waals surface area contributed by atoms with Gasteiger partial charge in [0.25, 0.3) is 0 Å². The average molecular weight is 293 g/mol. The van der Waals surface area contributed by atoms with Gasteiger partial charge in [-0.05, 0) is 86.4 Å². The number of rotatable bonds is 0. The van der Waals surface area contributed by atoms with E-state index >= 15 is 0 Å². The highest BCUT2D eigenvalue weighted by atomic mass is 32.1. The van der Waals surface area contributed by atoms with E-state index in [0.717, 1.165) is 29.6 Å². The SMILES string of the molecule is CC1CCC2C3CCC4CCCCC4(S)C3CCC12C. The topological polar surface area (TPSA) is 0 Å². The molecule has 4 aliphatic carbocycles. The molecule has 7 atom stereocenters. The molecule has 0 saturated heterocycles. The summed E-state index contributed by atoms with van der Waals surface area (Å²) in [6, 6.07) is 0. The van der Waals surface area contributed by atoms with Gasteiger partial charge in [0.05, 0.1) is 0 Å². The molecule has 0 nitrogen and oxygen atoms in total. The Morgan fingerprint density at radius 1 is 0.850 bits per heavy atom. The largest absolute Gasteiger partial charge is 0.172 e. The van der Waals surface area contributed by atoms with Crippen LogP contribution in [-0.2, 0) is 0 Å². The van der Waals surface area contributed by atoms with Crippen molar-refractivity contribution >= 4 is 12.6 Å². The van der Waals surface area contributed by atoms with Crippen LogP contribution in [0.1, 0.15) is 78.1 Å². The molecule has 0 amide bonds. The molecular formula is C19H32S. The van der Waals surface area contributed by atoms with Crippen LogP contribution in [0.2, 0.25) is 0 Å². The van der Waals surface area contributed by atoms with Crippen molar-refractivity contribution in [2.75, 3.05) is 0 Å². The molecule has 20 heavy (non-hydrogen) atoms. The van der Waals surface area contributed by atoms with Crippen LogP contribution in [0.4, 0.5) is 0 Å². The number of hydrogen-bond donors (Lipinski definition) is 1. The minimum Gasteiger partial charge on any atom is -0.172 e. The van der Waals surface area contributed by atoms with Gasteiger partial charge in [-0.3, -0.25) is 0 Å². The van der Waals surface area contributed by atoms with Gasteiger partial charge in [0.2, 0.25) is 0 Å². The summed E-state index contributed by atoms with van der Waals surface area (Å²) in [5, 5.41) is 0. The highest BCUT2D eigenvalue weighted by molar-refractivity contribution is 7.81. The third-order valence-electron chi connectivity index (χ3n) is 8.49. The molecule has 4 fully saturated rings. The maximum Gasteiger partial charge on any atom is 0.0189 e. The monoisotopic (exact) mass is 292 g/mol. The zero-order valence-electron chi connectivity index (χ0n) is 13.4. The quantitative estimate of drug-likeness (QED) is 0.543. The van der Waals surface area contributed by atoms with E-state index in [1.807, 2.05) is 0 Å². The first-order chi connectivity index (χ1) is 9.56. The van der Waals surface area contributed by atoms with Gasteiger partial charge in [-0.2, -0.15) is 12.6 Å². The van der Waals surface area contributed by atoms with Crippen molar-refractivity contribution in [3.8, 4) is 0 Å². The summed E-state index contributed by atoms with van der Waals surface area (Å²) in [5.41, 5.74) is 0.673. The molecule has 0 aromatic carbocycles. The van der Waals surface area contributed by atoms with E-state index in [-0.39, 0.29) is 0 Å². The second-order valence-electron chi connectivity index (χ2n) is 8.91. The van der Waals surface area contributed by atoms with Crippen LogP contribution in [-0.4, -0.2) is 4.75 Å². The van der Waals surface area contributed by atoms with Gasteiger partial charge in [0, 0.05) is 4.75 Å². The first-order valence-electron chi connectivity index (χ1n) is 9.28. The molecule has 0 aliphatic heterocycles. The first kappa shape index (κ1) is 14.0. The summed E-state index contributed by atoms with van der Waals surface area (Å²) in [6.07, 6.45) is 14.8. The molecule has 4 rings (SSSR count). The molecule has 0 heterocycles. The van der Waals surface area contributed by atoms with Crippen molar-refractivity contribution < 1.29 is 0 Å². The van der Waals surface area contributed by atoms with Crippen LogP contribution in [0.3, 0.4) is 0 Å². The van der Waals surface area contributed by atoms with Gasteiger partial charge in [0.1, 0.15) is 0 Å². The molecule has 4 saturated carbocycles. The lowest BCUT2D eigenvalue weighted by molar-refractivity contribution is -0.0453. The maximum atomic E-state index is 5.38. The van der Waals surface area contributed by atoms with E-state index in [1.54, 1.807) is 0 Å². The van der Waals surface area contributed by atoms with Crippen molar-refractivity contribution in [1.29, 1.82) is 0 Å². The van der Waals surface area contributed by atoms with Crippen LogP contribution >= 0.6 is 12.6 Å². The molecule has 1 heteroatoms. The average Bonchev–Trinajstić information content (AvgIpc) is 2.74. The summed E-state index contributed by atoms with van der Waals surface area (Å²) in [5.74, 6) is 4.92. The van der Waals surface area contributed by atoms with Crippen molar-refractivity contribution in [3.63, 3.8) is 0 Å². The zero-order valence-corrected chi connectivity index (χ0v) is 14.3. The van der Waals surface area contributed by atoms with E-state index in [2.05, 4.69) is 13.8 Å². The predicted octanol–water partition coefficient (Wildman–Crippen LogP) is 5.72. The van der Waals surface area contributed by atoms with Gasteiger partial charge < -0.3 is 0 Å². The standard InChI is InChI=1S/C19H32S/c1-13-6-9-16-15-8-7-14-5-3-4-11-19(14,20)17(15)10-12-18(13,16)2/h13-17,20H,3-12H2,1-2H3. The fraction of sp³-hybridized carbons (Fsp3) is 1.00. The fourth-order valence-electron chi connectivity index (χ4n) is 7.10. The molecule has 0 radical (unpaired) electrons. The molecule has 114 valence electrons. The Bertz CT molecular complexity index is 391. The second-order valence-corrected chi connectivity index (χ2v) is 9.74. The normalized spacial score (nSPS) is 58.6. The van der Waals surface area contributed by atoms with Crippen LogP contribution in [0, 0.1) is 35.0 Å². The van der Waals surface area contributed by atoms with Gasteiger partial charge >= 0.3 is 0 Å². The molecule has 7 unspecified atom stereocenters. The molecule has 0 spiro atoms. The Labute approximate surface area is 130 Å². The fourth-order valence-corrected chi connectivity index (χ4v) is 7.84. The minimum absolute atomic E-state index is 0.425. The third kappa shape index (κ3) is 1.74. The summed E-state index contributed by atoms with van der Waals surface area (Å²) in [6.45, 7) is 5.16. The highest BCUT2D eigenvalue weighted by Gasteiger charge is 2.59. The molecule has 0 N–H and O–H groups in total.